The molecule has 4 rings (SSSR count). The first kappa shape index (κ1) is 19.5. The number of hydrogen-bond acceptors (Lipinski definition) is 5. The molecule has 0 radical (unpaired) electrons. The van der Waals surface area contributed by atoms with Crippen LogP contribution in [0.4, 0.5) is 4.39 Å². The lowest BCUT2D eigenvalue weighted by Gasteiger charge is -2.15. The minimum Gasteiger partial charge on any atom is -0.508 e. The van der Waals surface area contributed by atoms with Crippen molar-refractivity contribution in [3.05, 3.63) is 88.8 Å². The topological polar surface area (TPSA) is 104 Å². The molecule has 1 unspecified atom stereocenters. The van der Waals surface area contributed by atoms with Gasteiger partial charge in [0, 0.05) is 18.9 Å². The Morgan fingerprint density at radius 3 is 2.47 bits per heavy atom. The first-order chi connectivity index (χ1) is 14.5. The summed E-state index contributed by atoms with van der Waals surface area (Å²) in [7, 11) is 0. The van der Waals surface area contributed by atoms with Gasteiger partial charge in [-0.05, 0) is 47.7 Å². The Bertz CT molecular complexity index is 1100. The maximum atomic E-state index is 13.0. The molecule has 0 aliphatic heterocycles. The second kappa shape index (κ2) is 8.28. The molecule has 1 aliphatic carbocycles. The van der Waals surface area contributed by atoms with Gasteiger partial charge < -0.3 is 15.7 Å². The van der Waals surface area contributed by atoms with Crippen molar-refractivity contribution in [2.75, 3.05) is 0 Å². The number of amides is 2. The van der Waals surface area contributed by atoms with Gasteiger partial charge in [0.2, 0.25) is 0 Å². The lowest BCUT2D eigenvalue weighted by atomic mass is 10.1. The van der Waals surface area contributed by atoms with Crippen LogP contribution in [0.15, 0.2) is 54.9 Å². The predicted octanol–water partition coefficient (Wildman–Crippen LogP) is 2.67. The van der Waals surface area contributed by atoms with Gasteiger partial charge in [0.25, 0.3) is 11.8 Å². The third-order valence-corrected chi connectivity index (χ3v) is 5.05. The zero-order valence-electron chi connectivity index (χ0n) is 15.9. The molecule has 0 bridgehead atoms. The SMILES string of the molecule is O=C(NCc1ccc(F)cc1)c1nccnc1C(=O)NC1CCc2c(O)cccc21. The molecule has 1 heterocycles. The third-order valence-electron chi connectivity index (χ3n) is 5.05. The van der Waals surface area contributed by atoms with E-state index in [2.05, 4.69) is 20.6 Å². The first-order valence-electron chi connectivity index (χ1n) is 9.48. The molecule has 1 aromatic heterocycles. The van der Waals surface area contributed by atoms with Crippen molar-refractivity contribution >= 4 is 11.8 Å². The molecule has 1 aliphatic rings. The molecule has 7 nitrogen and oxygen atoms in total. The Labute approximate surface area is 172 Å². The summed E-state index contributed by atoms with van der Waals surface area (Å²) < 4.78 is 13.0. The Kier molecular flexibility index (Phi) is 5.38. The normalized spacial score (nSPS) is 14.8. The fourth-order valence-electron chi connectivity index (χ4n) is 3.55. The first-order valence-corrected chi connectivity index (χ1v) is 9.48. The van der Waals surface area contributed by atoms with Crippen LogP contribution in [-0.2, 0) is 13.0 Å². The number of nitrogens with one attached hydrogen (secondary N) is 2. The van der Waals surface area contributed by atoms with Crippen LogP contribution < -0.4 is 10.6 Å². The second-order valence-electron chi connectivity index (χ2n) is 6.97. The van der Waals surface area contributed by atoms with Crippen LogP contribution in [-0.4, -0.2) is 26.9 Å². The Morgan fingerprint density at radius 1 is 1.03 bits per heavy atom. The van der Waals surface area contributed by atoms with Crippen LogP contribution in [0, 0.1) is 5.82 Å². The summed E-state index contributed by atoms with van der Waals surface area (Å²) in [6.07, 6.45) is 3.98. The predicted molar refractivity (Wildman–Crippen MR) is 106 cm³/mol. The highest BCUT2D eigenvalue weighted by Gasteiger charge is 2.28. The van der Waals surface area contributed by atoms with E-state index in [1.807, 2.05) is 6.07 Å². The molecule has 2 aromatic carbocycles. The maximum absolute atomic E-state index is 13.0. The summed E-state index contributed by atoms with van der Waals surface area (Å²) in [5.41, 5.74) is 2.21. The van der Waals surface area contributed by atoms with E-state index in [9.17, 15) is 19.1 Å². The van der Waals surface area contributed by atoms with Gasteiger partial charge in [-0.3, -0.25) is 9.59 Å². The van der Waals surface area contributed by atoms with Crippen molar-refractivity contribution in [3.8, 4) is 5.75 Å². The van der Waals surface area contributed by atoms with Gasteiger partial charge in [-0.15, -0.1) is 0 Å². The molecule has 3 N–H and O–H groups in total. The van der Waals surface area contributed by atoms with E-state index >= 15 is 0 Å². The number of rotatable bonds is 5. The number of benzene rings is 2. The molecule has 0 spiro atoms. The standard InChI is InChI=1S/C22H19FN4O3/c23-14-6-4-13(5-7-14)12-26-21(29)19-20(25-11-10-24-19)22(30)27-17-9-8-16-15(17)2-1-3-18(16)28/h1-7,10-11,17,28H,8-9,12H2,(H,26,29)(H,27,30). The van der Waals surface area contributed by atoms with E-state index in [0.717, 1.165) is 11.1 Å². The van der Waals surface area contributed by atoms with Gasteiger partial charge >= 0.3 is 0 Å². The molecule has 152 valence electrons. The zero-order valence-corrected chi connectivity index (χ0v) is 15.9. The van der Waals surface area contributed by atoms with Crippen LogP contribution in [0.3, 0.4) is 0 Å². The van der Waals surface area contributed by atoms with Gasteiger partial charge in [-0.25, -0.2) is 14.4 Å². The summed E-state index contributed by atoms with van der Waals surface area (Å²) >= 11 is 0. The summed E-state index contributed by atoms with van der Waals surface area (Å²) in [5.74, 6) is -1.22. The summed E-state index contributed by atoms with van der Waals surface area (Å²) in [6, 6.07) is 10.7. The van der Waals surface area contributed by atoms with E-state index in [1.165, 1.54) is 24.5 Å². The molecule has 2 amide bonds. The number of fused-ring (bicyclic) bond motifs is 1. The Morgan fingerprint density at radius 2 is 1.73 bits per heavy atom. The van der Waals surface area contributed by atoms with Crippen molar-refractivity contribution in [3.63, 3.8) is 0 Å². The van der Waals surface area contributed by atoms with Crippen molar-refractivity contribution in [1.82, 2.24) is 20.6 Å². The van der Waals surface area contributed by atoms with E-state index in [1.54, 1.807) is 24.3 Å². The lowest BCUT2D eigenvalue weighted by Crippen LogP contribution is -2.32. The monoisotopic (exact) mass is 406 g/mol. The Hall–Kier alpha value is -3.81. The summed E-state index contributed by atoms with van der Waals surface area (Å²) in [5, 5.41) is 15.5. The number of carbonyl (C=O) groups excluding carboxylic acids is 2. The fraction of sp³-hybridized carbons (Fsp3) is 0.182. The minimum atomic E-state index is -0.554. The smallest absolute Gasteiger partial charge is 0.272 e. The van der Waals surface area contributed by atoms with Gasteiger partial charge in [0.1, 0.15) is 11.6 Å². The molecule has 30 heavy (non-hydrogen) atoms. The van der Waals surface area contributed by atoms with Crippen molar-refractivity contribution < 1.29 is 19.1 Å². The molecule has 3 aromatic rings. The number of halogens is 1. The summed E-state index contributed by atoms with van der Waals surface area (Å²) in [6.45, 7) is 0.159. The van der Waals surface area contributed by atoms with E-state index in [-0.39, 0.29) is 35.5 Å². The zero-order chi connectivity index (χ0) is 21.1. The van der Waals surface area contributed by atoms with E-state index in [0.29, 0.717) is 18.4 Å². The molecule has 0 saturated heterocycles. The average Bonchev–Trinajstić information content (AvgIpc) is 3.17. The molecule has 0 fully saturated rings. The number of aromatic hydroxyl groups is 1. The molecule has 0 saturated carbocycles. The number of aromatic nitrogens is 2. The van der Waals surface area contributed by atoms with E-state index < -0.39 is 11.8 Å². The van der Waals surface area contributed by atoms with Crippen LogP contribution in [0.2, 0.25) is 0 Å². The molecular formula is C22H19FN4O3. The van der Waals surface area contributed by atoms with Crippen LogP contribution in [0.1, 0.15) is 50.1 Å². The maximum Gasteiger partial charge on any atom is 0.272 e. The van der Waals surface area contributed by atoms with Crippen LogP contribution in [0.5, 0.6) is 5.75 Å². The van der Waals surface area contributed by atoms with Gasteiger partial charge in [-0.2, -0.15) is 0 Å². The highest BCUT2D eigenvalue weighted by Crippen LogP contribution is 2.36. The summed E-state index contributed by atoms with van der Waals surface area (Å²) in [4.78, 5) is 33.5. The lowest BCUT2D eigenvalue weighted by molar-refractivity contribution is 0.0900. The van der Waals surface area contributed by atoms with Crippen LogP contribution in [0.25, 0.3) is 0 Å². The number of hydrogen-bond donors (Lipinski definition) is 3. The van der Waals surface area contributed by atoms with Gasteiger partial charge in [-0.1, -0.05) is 24.3 Å². The quantitative estimate of drug-likeness (QED) is 0.604. The van der Waals surface area contributed by atoms with Gasteiger partial charge in [0.05, 0.1) is 6.04 Å². The van der Waals surface area contributed by atoms with Crippen molar-refractivity contribution in [2.24, 2.45) is 0 Å². The average molecular weight is 406 g/mol. The van der Waals surface area contributed by atoms with Crippen LogP contribution >= 0.6 is 0 Å². The highest BCUT2D eigenvalue weighted by atomic mass is 19.1. The van der Waals surface area contributed by atoms with Crippen molar-refractivity contribution in [1.29, 1.82) is 0 Å². The second-order valence-corrected chi connectivity index (χ2v) is 6.97. The molecule has 1 atom stereocenters. The van der Waals surface area contributed by atoms with Gasteiger partial charge in [0.15, 0.2) is 11.4 Å². The molecular weight excluding hydrogens is 387 g/mol. The minimum absolute atomic E-state index is 0.0808. The Balaban J connectivity index is 1.48. The highest BCUT2D eigenvalue weighted by molar-refractivity contribution is 6.04. The largest absolute Gasteiger partial charge is 0.508 e. The fourth-order valence-corrected chi connectivity index (χ4v) is 3.55. The number of nitrogens with zero attached hydrogens (tertiary/aromatic N) is 2. The molecule has 8 heteroatoms. The number of phenols is 1. The number of carbonyl (C=O) groups is 2. The third kappa shape index (κ3) is 3.98. The van der Waals surface area contributed by atoms with Crippen molar-refractivity contribution in [2.45, 2.75) is 25.4 Å². The van der Waals surface area contributed by atoms with E-state index in [4.69, 9.17) is 0 Å². The number of phenolic OH excluding ortho intramolecular Hbond substituents is 1.